The highest BCUT2D eigenvalue weighted by Crippen LogP contribution is 2.30. The molecule has 128 valence electrons. The fourth-order valence-electron chi connectivity index (χ4n) is 2.62. The van der Waals surface area contributed by atoms with Crippen molar-refractivity contribution in [1.82, 2.24) is 4.98 Å². The molecule has 2 aromatic rings. The molecule has 3 rings (SSSR count). The van der Waals surface area contributed by atoms with Gasteiger partial charge in [-0.3, -0.25) is 0 Å². The summed E-state index contributed by atoms with van der Waals surface area (Å²) in [6, 6.07) is 4.68. The van der Waals surface area contributed by atoms with Crippen molar-refractivity contribution in [3.05, 3.63) is 65.9 Å². The zero-order valence-electron chi connectivity index (χ0n) is 13.6. The van der Waals surface area contributed by atoms with Gasteiger partial charge in [-0.25, -0.2) is 14.0 Å². The average molecular weight is 342 g/mol. The number of hydrogen-bond donors (Lipinski definition) is 1. The van der Waals surface area contributed by atoms with Gasteiger partial charge in [0.2, 0.25) is 0 Å². The average Bonchev–Trinajstić information content (AvgIpc) is 2.99. The van der Waals surface area contributed by atoms with Crippen LogP contribution in [-0.2, 0) is 19.1 Å². The van der Waals surface area contributed by atoms with Crippen molar-refractivity contribution in [3.63, 3.8) is 0 Å². The lowest BCUT2D eigenvalue weighted by molar-refractivity contribution is -0.139. The number of aromatic amines is 1. The second-order valence-corrected chi connectivity index (χ2v) is 5.19. The number of carbonyl (C=O) groups is 2. The van der Waals surface area contributed by atoms with E-state index in [1.165, 1.54) is 31.3 Å². The molecular weight excluding hydrogens is 327 g/mol. The fourth-order valence-corrected chi connectivity index (χ4v) is 2.62. The largest absolute Gasteiger partial charge is 0.465 e. The molecule has 2 heterocycles. The first-order valence-electron chi connectivity index (χ1n) is 7.38. The SMILES string of the molecule is COC(=O)C1=C(C(=O)OC)N(c2cc(F)c3[nH]ccc3c2)C=CC=C1. The number of aromatic nitrogens is 1. The summed E-state index contributed by atoms with van der Waals surface area (Å²) < 4.78 is 23.9. The van der Waals surface area contributed by atoms with Crippen LogP contribution in [0.4, 0.5) is 10.1 Å². The molecule has 0 spiro atoms. The highest BCUT2D eigenvalue weighted by atomic mass is 19.1. The van der Waals surface area contributed by atoms with Crippen LogP contribution in [-0.4, -0.2) is 31.1 Å². The lowest BCUT2D eigenvalue weighted by Crippen LogP contribution is -2.27. The van der Waals surface area contributed by atoms with Crippen LogP contribution in [0.5, 0.6) is 0 Å². The number of halogens is 1. The Morgan fingerprint density at radius 1 is 1.12 bits per heavy atom. The van der Waals surface area contributed by atoms with E-state index in [1.807, 2.05) is 0 Å². The summed E-state index contributed by atoms with van der Waals surface area (Å²) in [5.41, 5.74) is 0.673. The third-order valence-electron chi connectivity index (χ3n) is 3.76. The second-order valence-electron chi connectivity index (χ2n) is 5.19. The van der Waals surface area contributed by atoms with Crippen LogP contribution < -0.4 is 4.90 Å². The van der Waals surface area contributed by atoms with Crippen molar-refractivity contribution in [2.24, 2.45) is 0 Å². The molecule has 1 aliphatic heterocycles. The Labute approximate surface area is 142 Å². The molecule has 1 aromatic carbocycles. The van der Waals surface area contributed by atoms with Crippen LogP contribution in [0, 0.1) is 5.82 Å². The summed E-state index contributed by atoms with van der Waals surface area (Å²) in [5.74, 6) is -1.92. The van der Waals surface area contributed by atoms with Crippen molar-refractivity contribution >= 4 is 28.5 Å². The molecule has 0 aliphatic carbocycles. The van der Waals surface area contributed by atoms with Crippen LogP contribution in [0.3, 0.4) is 0 Å². The van der Waals surface area contributed by atoms with Gasteiger partial charge in [0.1, 0.15) is 11.5 Å². The Hall–Kier alpha value is -3.35. The number of H-pyrrole nitrogens is 1. The Bertz CT molecular complexity index is 940. The number of fused-ring (bicyclic) bond motifs is 1. The molecule has 0 saturated carbocycles. The lowest BCUT2D eigenvalue weighted by atomic mass is 10.1. The monoisotopic (exact) mass is 342 g/mol. The summed E-state index contributed by atoms with van der Waals surface area (Å²) >= 11 is 0. The molecule has 25 heavy (non-hydrogen) atoms. The number of allylic oxidation sites excluding steroid dienone is 2. The molecule has 0 fully saturated rings. The molecular formula is C18H15FN2O4. The predicted molar refractivity (Wildman–Crippen MR) is 90.1 cm³/mol. The van der Waals surface area contributed by atoms with Gasteiger partial charge in [-0.15, -0.1) is 0 Å². The molecule has 0 bridgehead atoms. The van der Waals surface area contributed by atoms with Gasteiger partial charge in [0, 0.05) is 29.5 Å². The molecule has 1 N–H and O–H groups in total. The molecule has 6 nitrogen and oxygen atoms in total. The topological polar surface area (TPSA) is 71.6 Å². The highest BCUT2D eigenvalue weighted by molar-refractivity contribution is 6.05. The van der Waals surface area contributed by atoms with Crippen molar-refractivity contribution in [2.45, 2.75) is 0 Å². The Kier molecular flexibility index (Phi) is 4.38. The normalized spacial score (nSPS) is 14.0. The van der Waals surface area contributed by atoms with Crippen LogP contribution in [0.2, 0.25) is 0 Å². The summed E-state index contributed by atoms with van der Waals surface area (Å²) in [4.78, 5) is 28.6. The summed E-state index contributed by atoms with van der Waals surface area (Å²) in [6.45, 7) is 0. The van der Waals surface area contributed by atoms with Crippen LogP contribution >= 0.6 is 0 Å². The van der Waals surface area contributed by atoms with E-state index in [9.17, 15) is 14.0 Å². The molecule has 1 aliphatic rings. The summed E-state index contributed by atoms with van der Waals surface area (Å²) in [7, 11) is 2.42. The minimum atomic E-state index is -0.744. The number of esters is 2. The number of nitrogens with zero attached hydrogens (tertiary/aromatic N) is 1. The number of anilines is 1. The van der Waals surface area contributed by atoms with Gasteiger partial charge < -0.3 is 19.4 Å². The van der Waals surface area contributed by atoms with Crippen molar-refractivity contribution in [3.8, 4) is 0 Å². The first kappa shape index (κ1) is 16.5. The Morgan fingerprint density at radius 2 is 1.88 bits per heavy atom. The van der Waals surface area contributed by atoms with Crippen molar-refractivity contribution in [2.75, 3.05) is 19.1 Å². The number of ether oxygens (including phenoxy) is 2. The zero-order valence-corrected chi connectivity index (χ0v) is 13.6. The number of rotatable bonds is 3. The van der Waals surface area contributed by atoms with Gasteiger partial charge in [0.05, 0.1) is 25.3 Å². The zero-order chi connectivity index (χ0) is 18.0. The van der Waals surface area contributed by atoms with E-state index in [0.29, 0.717) is 16.6 Å². The third kappa shape index (κ3) is 2.91. The van der Waals surface area contributed by atoms with E-state index >= 15 is 0 Å². The molecule has 0 atom stereocenters. The third-order valence-corrected chi connectivity index (χ3v) is 3.76. The van der Waals surface area contributed by atoms with Crippen molar-refractivity contribution in [1.29, 1.82) is 0 Å². The molecule has 1 aromatic heterocycles. The van der Waals surface area contributed by atoms with Gasteiger partial charge in [0.25, 0.3) is 0 Å². The van der Waals surface area contributed by atoms with Gasteiger partial charge in [-0.2, -0.15) is 0 Å². The summed E-state index contributed by atoms with van der Waals surface area (Å²) in [5, 5.41) is 0.629. The van der Waals surface area contributed by atoms with E-state index in [-0.39, 0.29) is 11.3 Å². The predicted octanol–water partition coefficient (Wildman–Crippen LogP) is 2.80. The maximum atomic E-state index is 14.3. The van der Waals surface area contributed by atoms with Crippen LogP contribution in [0.25, 0.3) is 10.9 Å². The molecule has 0 unspecified atom stereocenters. The second kappa shape index (κ2) is 6.64. The molecule has 0 saturated heterocycles. The minimum absolute atomic E-state index is 0.00826. The molecule has 7 heteroatoms. The maximum absolute atomic E-state index is 14.3. The van der Waals surface area contributed by atoms with Crippen LogP contribution in [0.1, 0.15) is 0 Å². The maximum Gasteiger partial charge on any atom is 0.355 e. The van der Waals surface area contributed by atoms with Gasteiger partial charge in [-0.05, 0) is 24.3 Å². The standard InChI is InChI=1S/C18H15FN2O4/c1-24-17(22)13-5-3-4-8-21(16(13)18(23)25-2)12-9-11-6-7-20-15(11)14(19)10-12/h3-10,20H,1-2H3. The number of nitrogens with one attached hydrogen (secondary N) is 1. The van der Waals surface area contributed by atoms with E-state index in [0.717, 1.165) is 0 Å². The Morgan fingerprint density at radius 3 is 2.60 bits per heavy atom. The minimum Gasteiger partial charge on any atom is -0.465 e. The summed E-state index contributed by atoms with van der Waals surface area (Å²) in [6.07, 6.45) is 7.82. The van der Waals surface area contributed by atoms with Gasteiger partial charge in [-0.1, -0.05) is 6.08 Å². The first-order chi connectivity index (χ1) is 12.1. The molecule has 0 amide bonds. The smallest absolute Gasteiger partial charge is 0.355 e. The number of benzene rings is 1. The number of carbonyl (C=O) groups excluding carboxylic acids is 2. The lowest BCUT2D eigenvalue weighted by Gasteiger charge is -2.23. The number of methoxy groups -OCH3 is 2. The van der Waals surface area contributed by atoms with Gasteiger partial charge >= 0.3 is 11.9 Å². The van der Waals surface area contributed by atoms with Crippen molar-refractivity contribution < 1.29 is 23.5 Å². The highest BCUT2D eigenvalue weighted by Gasteiger charge is 2.28. The number of hydrogen-bond acceptors (Lipinski definition) is 5. The van der Waals surface area contributed by atoms with E-state index in [1.54, 1.807) is 36.7 Å². The van der Waals surface area contributed by atoms with E-state index < -0.39 is 17.8 Å². The first-order valence-corrected chi connectivity index (χ1v) is 7.38. The van der Waals surface area contributed by atoms with E-state index in [2.05, 4.69) is 4.98 Å². The molecule has 0 radical (unpaired) electrons. The Balaban J connectivity index is 2.23. The van der Waals surface area contributed by atoms with E-state index in [4.69, 9.17) is 9.47 Å². The van der Waals surface area contributed by atoms with Gasteiger partial charge in [0.15, 0.2) is 0 Å². The quantitative estimate of drug-likeness (QED) is 0.869. The fraction of sp³-hybridized carbons (Fsp3) is 0.111. The van der Waals surface area contributed by atoms with Crippen LogP contribution in [0.15, 0.2) is 60.1 Å².